The number of phenolic OH excluding ortho intramolecular Hbond substituents is 1. The summed E-state index contributed by atoms with van der Waals surface area (Å²) in [4.78, 5) is 22.6. The first-order valence-electron chi connectivity index (χ1n) is 4.29. The van der Waals surface area contributed by atoms with Crippen LogP contribution in [-0.2, 0) is 4.79 Å². The largest absolute Gasteiger partial charge is 0.507 e. The molecular formula is C10H6INO3S. The SMILES string of the molecule is O=C1NC(=O)C(=Cc2ccc(O)c(I)c2)S1. The van der Waals surface area contributed by atoms with Crippen LogP contribution in [0.25, 0.3) is 6.08 Å². The van der Waals surface area contributed by atoms with Crippen LogP contribution in [0.3, 0.4) is 0 Å². The molecule has 0 radical (unpaired) electrons. The van der Waals surface area contributed by atoms with Crippen molar-refractivity contribution in [1.29, 1.82) is 0 Å². The maximum atomic E-state index is 11.3. The van der Waals surface area contributed by atoms with E-state index in [4.69, 9.17) is 0 Å². The number of imide groups is 1. The Kier molecular flexibility index (Phi) is 3.20. The summed E-state index contributed by atoms with van der Waals surface area (Å²) >= 11 is 2.87. The number of halogens is 1. The highest BCUT2D eigenvalue weighted by molar-refractivity contribution is 14.1. The van der Waals surface area contributed by atoms with Crippen molar-refractivity contribution >= 4 is 51.6 Å². The van der Waals surface area contributed by atoms with Crippen molar-refractivity contribution < 1.29 is 14.7 Å². The predicted molar refractivity (Wildman–Crippen MR) is 69.9 cm³/mol. The lowest BCUT2D eigenvalue weighted by molar-refractivity contribution is -0.115. The molecule has 0 aliphatic carbocycles. The van der Waals surface area contributed by atoms with E-state index in [9.17, 15) is 14.7 Å². The number of rotatable bonds is 1. The number of hydrogen-bond acceptors (Lipinski definition) is 4. The van der Waals surface area contributed by atoms with Crippen LogP contribution in [-0.4, -0.2) is 16.3 Å². The third-order valence-electron chi connectivity index (χ3n) is 1.91. The Bertz CT molecular complexity index is 513. The van der Waals surface area contributed by atoms with Gasteiger partial charge in [0.15, 0.2) is 0 Å². The van der Waals surface area contributed by atoms with E-state index in [0.29, 0.717) is 8.48 Å². The maximum Gasteiger partial charge on any atom is 0.290 e. The second-order valence-electron chi connectivity index (χ2n) is 3.06. The molecule has 6 heteroatoms. The fraction of sp³-hybridized carbons (Fsp3) is 0. The molecule has 1 saturated heterocycles. The number of carbonyl (C=O) groups excluding carboxylic acids is 2. The molecule has 1 heterocycles. The summed E-state index contributed by atoms with van der Waals surface area (Å²) in [7, 11) is 0. The average Bonchev–Trinajstić information content (AvgIpc) is 2.51. The summed E-state index contributed by atoms with van der Waals surface area (Å²) in [5, 5.41) is 11.2. The van der Waals surface area contributed by atoms with Crippen molar-refractivity contribution in [1.82, 2.24) is 5.32 Å². The molecule has 2 N–H and O–H groups in total. The number of thioether (sulfide) groups is 1. The molecule has 1 fully saturated rings. The van der Waals surface area contributed by atoms with Gasteiger partial charge in [0.2, 0.25) is 0 Å². The van der Waals surface area contributed by atoms with Gasteiger partial charge < -0.3 is 5.11 Å². The summed E-state index contributed by atoms with van der Waals surface area (Å²) in [5.41, 5.74) is 0.773. The smallest absolute Gasteiger partial charge is 0.290 e. The van der Waals surface area contributed by atoms with E-state index in [1.807, 2.05) is 22.6 Å². The van der Waals surface area contributed by atoms with Crippen LogP contribution >= 0.6 is 34.4 Å². The monoisotopic (exact) mass is 347 g/mol. The summed E-state index contributed by atoms with van der Waals surface area (Å²) in [5.74, 6) is -0.180. The van der Waals surface area contributed by atoms with Gasteiger partial charge in [0.05, 0.1) is 8.48 Å². The minimum atomic E-state index is -0.377. The predicted octanol–water partition coefficient (Wildman–Crippen LogP) is 2.32. The molecule has 2 rings (SSSR count). The van der Waals surface area contributed by atoms with Gasteiger partial charge in [0, 0.05) is 0 Å². The minimum Gasteiger partial charge on any atom is -0.507 e. The second-order valence-corrected chi connectivity index (χ2v) is 5.24. The Morgan fingerprint density at radius 1 is 1.38 bits per heavy atom. The van der Waals surface area contributed by atoms with Crippen LogP contribution in [0.15, 0.2) is 23.1 Å². The fourth-order valence-electron chi connectivity index (χ4n) is 1.19. The van der Waals surface area contributed by atoms with Gasteiger partial charge in [-0.1, -0.05) is 6.07 Å². The van der Waals surface area contributed by atoms with Crippen LogP contribution in [0.4, 0.5) is 4.79 Å². The van der Waals surface area contributed by atoms with Gasteiger partial charge in [-0.2, -0.15) is 0 Å². The van der Waals surface area contributed by atoms with E-state index in [-0.39, 0.29) is 16.9 Å². The van der Waals surface area contributed by atoms with Gasteiger partial charge in [0.25, 0.3) is 11.1 Å². The van der Waals surface area contributed by atoms with Crippen LogP contribution in [0, 0.1) is 3.57 Å². The van der Waals surface area contributed by atoms with Crippen molar-refractivity contribution in [3.63, 3.8) is 0 Å². The molecule has 1 aliphatic rings. The molecule has 16 heavy (non-hydrogen) atoms. The molecule has 0 aromatic heterocycles. The first kappa shape index (κ1) is 11.5. The Labute approximate surface area is 109 Å². The van der Waals surface area contributed by atoms with Crippen LogP contribution in [0.2, 0.25) is 0 Å². The molecular weight excluding hydrogens is 341 g/mol. The lowest BCUT2D eigenvalue weighted by Crippen LogP contribution is -2.17. The zero-order chi connectivity index (χ0) is 11.7. The fourth-order valence-corrected chi connectivity index (χ4v) is 2.41. The van der Waals surface area contributed by atoms with Gasteiger partial charge in [-0.3, -0.25) is 14.9 Å². The summed E-state index contributed by atoms with van der Waals surface area (Å²) in [6.07, 6.45) is 1.62. The number of phenols is 1. The normalized spacial score (nSPS) is 17.9. The molecule has 0 spiro atoms. The van der Waals surface area contributed by atoms with Crippen molar-refractivity contribution in [2.75, 3.05) is 0 Å². The van der Waals surface area contributed by atoms with Crippen molar-refractivity contribution in [3.05, 3.63) is 32.2 Å². The Balaban J connectivity index is 2.32. The molecule has 1 aliphatic heterocycles. The van der Waals surface area contributed by atoms with Gasteiger partial charge in [-0.05, 0) is 58.1 Å². The molecule has 82 valence electrons. The minimum absolute atomic E-state index is 0.197. The van der Waals surface area contributed by atoms with Crippen LogP contribution in [0.5, 0.6) is 5.75 Å². The summed E-state index contributed by atoms with van der Waals surface area (Å²) in [6.45, 7) is 0. The molecule has 2 amide bonds. The highest BCUT2D eigenvalue weighted by Crippen LogP contribution is 2.27. The van der Waals surface area contributed by atoms with Crippen LogP contribution in [0.1, 0.15) is 5.56 Å². The number of amides is 2. The summed E-state index contributed by atoms with van der Waals surface area (Å²) < 4.78 is 0.696. The molecule has 1 aromatic carbocycles. The maximum absolute atomic E-state index is 11.3. The van der Waals surface area contributed by atoms with Crippen LogP contribution < -0.4 is 5.32 Å². The lowest BCUT2D eigenvalue weighted by atomic mass is 10.2. The Morgan fingerprint density at radius 2 is 2.12 bits per heavy atom. The van der Waals surface area contributed by atoms with E-state index in [0.717, 1.165) is 17.3 Å². The number of hydrogen-bond donors (Lipinski definition) is 2. The Hall–Kier alpha value is -1.02. The molecule has 0 saturated carbocycles. The molecule has 0 bridgehead atoms. The standard InChI is InChI=1S/C10H6INO3S/c11-6-3-5(1-2-7(6)13)4-8-9(14)12-10(15)16-8/h1-4,13H,(H,12,14,15). The van der Waals surface area contributed by atoms with E-state index >= 15 is 0 Å². The average molecular weight is 347 g/mol. The lowest BCUT2D eigenvalue weighted by Gasteiger charge is -1.98. The third kappa shape index (κ3) is 2.38. The van der Waals surface area contributed by atoms with Crippen molar-refractivity contribution in [2.45, 2.75) is 0 Å². The highest BCUT2D eigenvalue weighted by Gasteiger charge is 2.24. The summed E-state index contributed by atoms with van der Waals surface area (Å²) in [6, 6.07) is 4.97. The highest BCUT2D eigenvalue weighted by atomic mass is 127. The molecule has 0 atom stereocenters. The quantitative estimate of drug-likeness (QED) is 0.605. The number of benzene rings is 1. The Morgan fingerprint density at radius 3 is 2.69 bits per heavy atom. The first-order valence-corrected chi connectivity index (χ1v) is 6.19. The van der Waals surface area contributed by atoms with Crippen molar-refractivity contribution in [3.8, 4) is 5.75 Å². The van der Waals surface area contributed by atoms with E-state index < -0.39 is 0 Å². The number of aromatic hydroxyl groups is 1. The van der Waals surface area contributed by atoms with E-state index in [1.165, 1.54) is 0 Å². The topological polar surface area (TPSA) is 66.4 Å². The second kappa shape index (κ2) is 4.46. The zero-order valence-corrected chi connectivity index (χ0v) is 10.8. The zero-order valence-electron chi connectivity index (χ0n) is 7.86. The van der Waals surface area contributed by atoms with Gasteiger partial charge >= 0.3 is 0 Å². The third-order valence-corrected chi connectivity index (χ3v) is 3.59. The molecule has 1 aromatic rings. The van der Waals surface area contributed by atoms with E-state index in [2.05, 4.69) is 5.32 Å². The van der Waals surface area contributed by atoms with Gasteiger partial charge in [0.1, 0.15) is 5.75 Å². The first-order chi connectivity index (χ1) is 7.56. The molecule has 0 unspecified atom stereocenters. The van der Waals surface area contributed by atoms with Gasteiger partial charge in [-0.15, -0.1) is 0 Å². The number of carbonyl (C=O) groups is 2. The van der Waals surface area contributed by atoms with Gasteiger partial charge in [-0.25, -0.2) is 0 Å². The number of nitrogens with one attached hydrogen (secondary N) is 1. The van der Waals surface area contributed by atoms with Crippen molar-refractivity contribution in [2.24, 2.45) is 0 Å². The molecule has 4 nitrogen and oxygen atoms in total. The van der Waals surface area contributed by atoms with E-state index in [1.54, 1.807) is 24.3 Å².